The molecule has 0 aromatic carbocycles. The minimum absolute atomic E-state index is 0.329. The van der Waals surface area contributed by atoms with E-state index in [0.717, 1.165) is 31.4 Å². The summed E-state index contributed by atoms with van der Waals surface area (Å²) in [6, 6.07) is -1.21. The summed E-state index contributed by atoms with van der Waals surface area (Å²) in [6.45, 7) is 10.5. The van der Waals surface area contributed by atoms with Crippen LogP contribution in [0.1, 0.15) is 53.4 Å². The lowest BCUT2D eigenvalue weighted by molar-refractivity contribution is -0.138. The number of rotatable bonds is 12. The number of aliphatic carboxylic acids is 1. The summed E-state index contributed by atoms with van der Waals surface area (Å²) in [5.74, 6) is 0.0868. The number of carbonyl (C=O) groups excluding carboxylic acids is 1. The first-order valence-corrected chi connectivity index (χ1v) is 11.8. The Morgan fingerprint density at radius 1 is 1.03 bits per heavy atom. The fourth-order valence-electron chi connectivity index (χ4n) is 2.91. The van der Waals surface area contributed by atoms with E-state index < -0.39 is 12.0 Å². The van der Waals surface area contributed by atoms with Gasteiger partial charge in [0.25, 0.3) is 0 Å². The SMILES string of the molecule is CC(C)=CCCC(C)=CCCC(C)=CCSC[C@H](NC(=O)N1CCOCC1)C(=O)O. The third-order valence-electron chi connectivity index (χ3n) is 4.85. The van der Waals surface area contributed by atoms with E-state index in [0.29, 0.717) is 32.1 Å². The Balaban J connectivity index is 2.30. The Morgan fingerprint density at radius 2 is 1.63 bits per heavy atom. The topological polar surface area (TPSA) is 78.9 Å². The molecule has 0 saturated carbocycles. The molecular weight excluding hydrogens is 400 g/mol. The van der Waals surface area contributed by atoms with Gasteiger partial charge in [-0.2, -0.15) is 11.8 Å². The molecule has 2 N–H and O–H groups in total. The fourth-order valence-corrected chi connectivity index (χ4v) is 3.91. The number of hydrogen-bond donors (Lipinski definition) is 2. The third-order valence-corrected chi connectivity index (χ3v) is 5.82. The molecule has 1 aliphatic rings. The Morgan fingerprint density at radius 3 is 2.23 bits per heavy atom. The van der Waals surface area contributed by atoms with E-state index in [1.807, 2.05) is 0 Å². The van der Waals surface area contributed by atoms with Gasteiger partial charge >= 0.3 is 12.0 Å². The van der Waals surface area contributed by atoms with E-state index in [2.05, 4.69) is 51.2 Å². The number of amides is 2. The molecule has 30 heavy (non-hydrogen) atoms. The molecule has 0 bridgehead atoms. The van der Waals surface area contributed by atoms with E-state index in [1.54, 1.807) is 4.90 Å². The van der Waals surface area contributed by atoms with Crippen molar-refractivity contribution in [3.63, 3.8) is 0 Å². The second-order valence-electron chi connectivity index (χ2n) is 7.94. The fraction of sp³-hybridized carbons (Fsp3) is 0.652. The van der Waals surface area contributed by atoms with Crippen LogP contribution in [0.15, 0.2) is 34.9 Å². The maximum Gasteiger partial charge on any atom is 0.327 e. The zero-order valence-electron chi connectivity index (χ0n) is 18.9. The molecule has 1 atom stereocenters. The third kappa shape index (κ3) is 12.1. The molecule has 6 nitrogen and oxygen atoms in total. The summed E-state index contributed by atoms with van der Waals surface area (Å²) in [5.41, 5.74) is 4.10. The van der Waals surface area contributed by atoms with Gasteiger partial charge < -0.3 is 20.1 Å². The average molecular weight is 439 g/mol. The van der Waals surface area contributed by atoms with Gasteiger partial charge in [0.1, 0.15) is 6.04 Å². The van der Waals surface area contributed by atoms with Gasteiger partial charge in [0, 0.05) is 24.6 Å². The van der Waals surface area contributed by atoms with Crippen molar-refractivity contribution in [2.75, 3.05) is 37.8 Å². The lowest BCUT2D eigenvalue weighted by Gasteiger charge is -2.28. The molecule has 1 fully saturated rings. The van der Waals surface area contributed by atoms with Crippen molar-refractivity contribution in [2.24, 2.45) is 0 Å². The second-order valence-corrected chi connectivity index (χ2v) is 9.01. The van der Waals surface area contributed by atoms with Gasteiger partial charge in [-0.15, -0.1) is 0 Å². The number of nitrogens with zero attached hydrogens (tertiary/aromatic N) is 1. The number of carboxylic acids is 1. The van der Waals surface area contributed by atoms with Crippen LogP contribution in [0.25, 0.3) is 0 Å². The number of ether oxygens (including phenoxy) is 1. The van der Waals surface area contributed by atoms with Crippen molar-refractivity contribution in [1.82, 2.24) is 10.2 Å². The van der Waals surface area contributed by atoms with E-state index in [4.69, 9.17) is 4.74 Å². The molecule has 1 rings (SSSR count). The Bertz CT molecular complexity index is 633. The highest BCUT2D eigenvalue weighted by Gasteiger charge is 2.24. The molecule has 7 heteroatoms. The van der Waals surface area contributed by atoms with Crippen molar-refractivity contribution >= 4 is 23.8 Å². The minimum atomic E-state index is -1.00. The molecule has 2 amide bonds. The van der Waals surface area contributed by atoms with Crippen LogP contribution < -0.4 is 5.32 Å². The molecule has 0 spiro atoms. The van der Waals surface area contributed by atoms with Crippen LogP contribution in [-0.2, 0) is 9.53 Å². The molecule has 0 aromatic rings. The molecule has 170 valence electrons. The van der Waals surface area contributed by atoms with Crippen LogP contribution >= 0.6 is 11.8 Å². The molecular formula is C23H38N2O4S. The Kier molecular flexibility index (Phi) is 13.3. The van der Waals surface area contributed by atoms with Crippen LogP contribution in [0.4, 0.5) is 4.79 Å². The number of carbonyl (C=O) groups is 2. The van der Waals surface area contributed by atoms with E-state index in [9.17, 15) is 14.7 Å². The summed E-state index contributed by atoms with van der Waals surface area (Å²) in [4.78, 5) is 25.3. The Hall–Kier alpha value is -1.73. The molecule has 0 aromatic heterocycles. The standard InChI is InChI=1S/C23H38N2O4S/c1-18(2)7-5-8-19(3)9-6-10-20(4)11-16-30-17-21(22(26)27)24-23(28)25-12-14-29-15-13-25/h7,9,11,21H,5-6,8,10,12-17H2,1-4H3,(H,24,28)(H,26,27)/t21-/m0/s1. The maximum absolute atomic E-state index is 12.2. The zero-order valence-corrected chi connectivity index (χ0v) is 19.7. The van der Waals surface area contributed by atoms with Gasteiger partial charge in [0.05, 0.1) is 13.2 Å². The van der Waals surface area contributed by atoms with Crippen molar-refractivity contribution in [3.8, 4) is 0 Å². The van der Waals surface area contributed by atoms with Crippen molar-refractivity contribution in [2.45, 2.75) is 59.4 Å². The minimum Gasteiger partial charge on any atom is -0.480 e. The summed E-state index contributed by atoms with van der Waals surface area (Å²) in [5, 5.41) is 12.0. The van der Waals surface area contributed by atoms with Gasteiger partial charge in [0.2, 0.25) is 0 Å². The number of nitrogens with one attached hydrogen (secondary N) is 1. The van der Waals surface area contributed by atoms with Gasteiger partial charge in [-0.05, 0) is 53.4 Å². The largest absolute Gasteiger partial charge is 0.480 e. The average Bonchev–Trinajstić information content (AvgIpc) is 2.70. The first-order chi connectivity index (χ1) is 14.3. The number of allylic oxidation sites excluding steroid dienone is 5. The zero-order chi connectivity index (χ0) is 22.4. The van der Waals surface area contributed by atoms with E-state index in [1.165, 1.54) is 28.5 Å². The summed E-state index contributed by atoms with van der Waals surface area (Å²) in [7, 11) is 0. The molecule has 1 aliphatic heterocycles. The highest BCUT2D eigenvalue weighted by atomic mass is 32.2. The van der Waals surface area contributed by atoms with Gasteiger partial charge in [0.15, 0.2) is 0 Å². The van der Waals surface area contributed by atoms with Crippen molar-refractivity contribution in [1.29, 1.82) is 0 Å². The van der Waals surface area contributed by atoms with Gasteiger partial charge in [-0.1, -0.05) is 34.9 Å². The number of carboxylic acid groups (broad SMARTS) is 1. The summed E-state index contributed by atoms with van der Waals surface area (Å²) >= 11 is 1.52. The predicted octanol–water partition coefficient (Wildman–Crippen LogP) is 4.63. The number of morpholine rings is 1. The van der Waals surface area contributed by atoms with Crippen LogP contribution in [-0.4, -0.2) is 65.9 Å². The number of urea groups is 1. The molecule has 1 heterocycles. The number of hydrogen-bond acceptors (Lipinski definition) is 4. The first-order valence-electron chi connectivity index (χ1n) is 10.7. The Labute approximate surface area is 185 Å². The van der Waals surface area contributed by atoms with E-state index in [-0.39, 0.29) is 6.03 Å². The molecule has 0 unspecified atom stereocenters. The van der Waals surface area contributed by atoms with Crippen LogP contribution in [0.2, 0.25) is 0 Å². The molecule has 1 saturated heterocycles. The molecule has 0 aliphatic carbocycles. The number of thioether (sulfide) groups is 1. The quantitative estimate of drug-likeness (QED) is 0.343. The molecule has 0 radical (unpaired) electrons. The highest BCUT2D eigenvalue weighted by molar-refractivity contribution is 7.99. The first kappa shape index (κ1) is 26.3. The van der Waals surface area contributed by atoms with Gasteiger partial charge in [-0.3, -0.25) is 0 Å². The lowest BCUT2D eigenvalue weighted by atomic mass is 10.1. The van der Waals surface area contributed by atoms with Crippen LogP contribution in [0, 0.1) is 0 Å². The summed E-state index contributed by atoms with van der Waals surface area (Å²) in [6.07, 6.45) is 11.0. The second kappa shape index (κ2) is 15.1. The smallest absolute Gasteiger partial charge is 0.327 e. The predicted molar refractivity (Wildman–Crippen MR) is 125 cm³/mol. The van der Waals surface area contributed by atoms with Crippen LogP contribution in [0.3, 0.4) is 0 Å². The van der Waals surface area contributed by atoms with Crippen molar-refractivity contribution < 1.29 is 19.4 Å². The highest BCUT2D eigenvalue weighted by Crippen LogP contribution is 2.13. The summed E-state index contributed by atoms with van der Waals surface area (Å²) < 4.78 is 5.22. The van der Waals surface area contributed by atoms with Crippen molar-refractivity contribution in [3.05, 3.63) is 34.9 Å². The monoisotopic (exact) mass is 438 g/mol. The maximum atomic E-state index is 12.2. The normalized spacial score (nSPS) is 16.2. The lowest BCUT2D eigenvalue weighted by Crippen LogP contribution is -2.52. The van der Waals surface area contributed by atoms with Gasteiger partial charge in [-0.25, -0.2) is 9.59 Å². The van der Waals surface area contributed by atoms with E-state index >= 15 is 0 Å². The van der Waals surface area contributed by atoms with Crippen LogP contribution in [0.5, 0.6) is 0 Å².